The van der Waals surface area contributed by atoms with Gasteiger partial charge in [0.05, 0.1) is 13.7 Å². The van der Waals surface area contributed by atoms with Gasteiger partial charge in [-0.05, 0) is 25.1 Å². The Labute approximate surface area is 189 Å². The number of amides is 1. The van der Waals surface area contributed by atoms with Crippen molar-refractivity contribution in [2.24, 2.45) is 0 Å². The number of aromatic nitrogens is 2. The van der Waals surface area contributed by atoms with Gasteiger partial charge in [0.1, 0.15) is 0 Å². The lowest BCUT2D eigenvalue weighted by atomic mass is 10.1. The van der Waals surface area contributed by atoms with Gasteiger partial charge in [0.15, 0.2) is 11.5 Å². The number of halogens is 2. The lowest BCUT2D eigenvalue weighted by Gasteiger charge is -2.34. The summed E-state index contributed by atoms with van der Waals surface area (Å²) in [6.07, 6.45) is 0. The molecule has 8 nitrogen and oxygen atoms in total. The summed E-state index contributed by atoms with van der Waals surface area (Å²) in [5.41, 5.74) is 2.40. The van der Waals surface area contributed by atoms with Crippen molar-refractivity contribution in [3.63, 3.8) is 0 Å². The Hall–Kier alpha value is -3.53. The van der Waals surface area contributed by atoms with Crippen LogP contribution >= 0.6 is 0 Å². The number of carbonyl (C=O) groups is 1. The summed E-state index contributed by atoms with van der Waals surface area (Å²) in [6, 6.07) is 12.1. The predicted octanol–water partition coefficient (Wildman–Crippen LogP) is 3.61. The van der Waals surface area contributed by atoms with Crippen LogP contribution in [0.15, 0.2) is 47.0 Å². The third-order valence-corrected chi connectivity index (χ3v) is 5.42. The van der Waals surface area contributed by atoms with Crippen LogP contribution in [0.4, 0.5) is 8.78 Å². The van der Waals surface area contributed by atoms with Crippen LogP contribution in [0, 0.1) is 6.92 Å². The molecular weight excluding hydrogens is 434 g/mol. The topological polar surface area (TPSA) is 80.9 Å². The summed E-state index contributed by atoms with van der Waals surface area (Å²) in [5, 5.41) is 4.06. The molecule has 0 radical (unpaired) electrons. The van der Waals surface area contributed by atoms with Gasteiger partial charge >= 0.3 is 6.61 Å². The van der Waals surface area contributed by atoms with Crippen molar-refractivity contribution in [1.29, 1.82) is 0 Å². The molecule has 2 aromatic carbocycles. The van der Waals surface area contributed by atoms with E-state index >= 15 is 0 Å². The van der Waals surface area contributed by atoms with Gasteiger partial charge in [0.2, 0.25) is 11.7 Å². The first-order chi connectivity index (χ1) is 15.9. The molecule has 0 N–H and O–H groups in total. The van der Waals surface area contributed by atoms with Crippen molar-refractivity contribution in [2.45, 2.75) is 20.1 Å². The van der Waals surface area contributed by atoms with Crippen molar-refractivity contribution in [1.82, 2.24) is 19.9 Å². The van der Waals surface area contributed by atoms with E-state index in [1.165, 1.54) is 25.3 Å². The Morgan fingerprint density at radius 2 is 1.82 bits per heavy atom. The van der Waals surface area contributed by atoms with Crippen LogP contribution in [-0.4, -0.2) is 65.7 Å². The standard InChI is InChI=1S/C23H24F2N4O4/c1-15-3-5-16(6-4-15)21-26-20(33-27-21)14-28-9-11-29(12-10-28)22(30)17-7-8-18(32-23(24)25)19(13-17)31-2/h3-8,13,23H,9-12,14H2,1-2H3. The van der Waals surface area contributed by atoms with Gasteiger partial charge in [0, 0.05) is 37.3 Å². The Bertz CT molecular complexity index is 1100. The highest BCUT2D eigenvalue weighted by Crippen LogP contribution is 2.30. The van der Waals surface area contributed by atoms with E-state index in [0.717, 1.165) is 11.1 Å². The molecule has 1 saturated heterocycles. The second-order valence-corrected chi connectivity index (χ2v) is 7.69. The Morgan fingerprint density at radius 1 is 1.09 bits per heavy atom. The zero-order valence-corrected chi connectivity index (χ0v) is 18.3. The van der Waals surface area contributed by atoms with E-state index < -0.39 is 6.61 Å². The number of rotatable bonds is 7. The highest BCUT2D eigenvalue weighted by molar-refractivity contribution is 5.95. The zero-order chi connectivity index (χ0) is 23.4. The van der Waals surface area contributed by atoms with E-state index in [0.29, 0.717) is 50.0 Å². The molecule has 1 aromatic heterocycles. The van der Waals surface area contributed by atoms with E-state index in [9.17, 15) is 13.6 Å². The summed E-state index contributed by atoms with van der Waals surface area (Å²) in [5.74, 6) is 0.840. The van der Waals surface area contributed by atoms with Gasteiger partial charge in [-0.25, -0.2) is 0 Å². The van der Waals surface area contributed by atoms with Gasteiger partial charge in [-0.3, -0.25) is 9.69 Å². The number of aryl methyl sites for hydroxylation is 1. The number of benzene rings is 2. The van der Waals surface area contributed by atoms with Crippen molar-refractivity contribution in [3.8, 4) is 22.9 Å². The average Bonchev–Trinajstić information content (AvgIpc) is 3.28. The molecule has 0 saturated carbocycles. The zero-order valence-electron chi connectivity index (χ0n) is 18.3. The average molecular weight is 458 g/mol. The number of ether oxygens (including phenoxy) is 2. The fraction of sp³-hybridized carbons (Fsp3) is 0.348. The van der Waals surface area contributed by atoms with Gasteiger partial charge in [-0.2, -0.15) is 13.8 Å². The summed E-state index contributed by atoms with van der Waals surface area (Å²) in [4.78, 5) is 21.2. The number of methoxy groups -OCH3 is 1. The summed E-state index contributed by atoms with van der Waals surface area (Å²) >= 11 is 0. The molecule has 1 aliphatic rings. The molecule has 10 heteroatoms. The molecule has 2 heterocycles. The number of alkyl halides is 2. The number of carbonyl (C=O) groups excluding carboxylic acids is 1. The maximum Gasteiger partial charge on any atom is 0.387 e. The van der Waals surface area contributed by atoms with Gasteiger partial charge in [-0.1, -0.05) is 35.0 Å². The minimum Gasteiger partial charge on any atom is -0.493 e. The van der Waals surface area contributed by atoms with Gasteiger partial charge in [0.25, 0.3) is 5.91 Å². The smallest absolute Gasteiger partial charge is 0.387 e. The normalized spacial score (nSPS) is 14.5. The highest BCUT2D eigenvalue weighted by Gasteiger charge is 2.24. The monoisotopic (exact) mass is 458 g/mol. The van der Waals surface area contributed by atoms with Crippen LogP contribution in [0.5, 0.6) is 11.5 Å². The lowest BCUT2D eigenvalue weighted by molar-refractivity contribution is -0.0512. The van der Waals surface area contributed by atoms with Crippen molar-refractivity contribution in [3.05, 3.63) is 59.5 Å². The van der Waals surface area contributed by atoms with Crippen LogP contribution in [0.3, 0.4) is 0 Å². The summed E-state index contributed by atoms with van der Waals surface area (Å²) in [6.45, 7) is 1.83. The quantitative estimate of drug-likeness (QED) is 0.535. The second-order valence-electron chi connectivity index (χ2n) is 7.69. The van der Waals surface area contributed by atoms with E-state index in [1.807, 2.05) is 31.2 Å². The van der Waals surface area contributed by atoms with Crippen LogP contribution in [0.1, 0.15) is 21.8 Å². The second kappa shape index (κ2) is 9.95. The Kier molecular flexibility index (Phi) is 6.83. The molecule has 3 aromatic rings. The molecule has 1 aliphatic heterocycles. The molecule has 1 fully saturated rings. The van der Waals surface area contributed by atoms with E-state index in [1.54, 1.807) is 4.90 Å². The molecule has 0 unspecified atom stereocenters. The maximum absolute atomic E-state index is 12.9. The first-order valence-electron chi connectivity index (χ1n) is 10.5. The minimum atomic E-state index is -2.97. The van der Waals surface area contributed by atoms with Gasteiger partial charge in [-0.15, -0.1) is 0 Å². The third kappa shape index (κ3) is 5.46. The molecule has 33 heavy (non-hydrogen) atoms. The molecule has 174 valence electrons. The molecule has 4 rings (SSSR count). The van der Waals surface area contributed by atoms with Crippen molar-refractivity contribution in [2.75, 3.05) is 33.3 Å². The number of piperazine rings is 1. The van der Waals surface area contributed by atoms with Crippen LogP contribution in [0.2, 0.25) is 0 Å². The van der Waals surface area contributed by atoms with Gasteiger partial charge < -0.3 is 18.9 Å². The van der Waals surface area contributed by atoms with E-state index in [4.69, 9.17) is 9.26 Å². The molecule has 1 amide bonds. The third-order valence-electron chi connectivity index (χ3n) is 5.42. The molecular formula is C23H24F2N4O4. The number of hydrogen-bond donors (Lipinski definition) is 0. The lowest BCUT2D eigenvalue weighted by Crippen LogP contribution is -2.48. The fourth-order valence-electron chi connectivity index (χ4n) is 3.62. The predicted molar refractivity (Wildman–Crippen MR) is 115 cm³/mol. The molecule has 0 bridgehead atoms. The van der Waals surface area contributed by atoms with Crippen molar-refractivity contribution >= 4 is 5.91 Å². The first-order valence-corrected chi connectivity index (χ1v) is 10.5. The maximum atomic E-state index is 12.9. The molecule has 0 spiro atoms. The Morgan fingerprint density at radius 3 is 2.48 bits per heavy atom. The first kappa shape index (κ1) is 22.7. The van der Waals surface area contributed by atoms with E-state index in [-0.39, 0.29) is 17.4 Å². The van der Waals surface area contributed by atoms with Crippen molar-refractivity contribution < 1.29 is 27.6 Å². The number of nitrogens with zero attached hydrogens (tertiary/aromatic N) is 4. The highest BCUT2D eigenvalue weighted by atomic mass is 19.3. The minimum absolute atomic E-state index is 0.0839. The Balaban J connectivity index is 1.33. The van der Waals surface area contributed by atoms with Crippen LogP contribution in [0.25, 0.3) is 11.4 Å². The van der Waals surface area contributed by atoms with Crippen LogP contribution in [-0.2, 0) is 6.54 Å². The SMILES string of the molecule is COc1cc(C(=O)N2CCN(Cc3nc(-c4ccc(C)cc4)no3)CC2)ccc1OC(F)F. The largest absolute Gasteiger partial charge is 0.493 e. The summed E-state index contributed by atoms with van der Waals surface area (Å²) in [7, 11) is 1.34. The van der Waals surface area contributed by atoms with E-state index in [2.05, 4.69) is 19.8 Å². The molecule has 0 aliphatic carbocycles. The number of hydrogen-bond acceptors (Lipinski definition) is 7. The summed E-state index contributed by atoms with van der Waals surface area (Å²) < 4.78 is 39.9. The fourth-order valence-corrected chi connectivity index (χ4v) is 3.62. The molecule has 0 atom stereocenters. The van der Waals surface area contributed by atoms with Crippen LogP contribution < -0.4 is 9.47 Å².